The van der Waals surface area contributed by atoms with Gasteiger partial charge in [0, 0.05) is 0 Å². The van der Waals surface area contributed by atoms with Crippen LogP contribution in [0.15, 0.2) is 24.3 Å². The predicted molar refractivity (Wildman–Crippen MR) is 69.9 cm³/mol. The van der Waals surface area contributed by atoms with Crippen molar-refractivity contribution >= 4 is 5.97 Å². The monoisotopic (exact) mass is 244 g/mol. The van der Waals surface area contributed by atoms with E-state index in [-0.39, 0.29) is 11.9 Å². The zero-order chi connectivity index (χ0) is 12.5. The number of rotatable bonds is 3. The molecule has 3 unspecified atom stereocenters. The summed E-state index contributed by atoms with van der Waals surface area (Å²) in [6.07, 6.45) is 4.88. The van der Waals surface area contributed by atoms with Gasteiger partial charge in [0.2, 0.25) is 0 Å². The van der Waals surface area contributed by atoms with Crippen molar-refractivity contribution in [2.75, 3.05) is 0 Å². The van der Waals surface area contributed by atoms with Crippen LogP contribution >= 0.6 is 0 Å². The lowest BCUT2D eigenvalue weighted by atomic mass is 9.89. The molecule has 0 saturated heterocycles. The largest absolute Gasteiger partial charge is 0.461 e. The number of benzene rings is 1. The molecule has 1 aromatic rings. The van der Waals surface area contributed by atoms with Gasteiger partial charge >= 0.3 is 5.97 Å². The molecule has 0 aliphatic heterocycles. The van der Waals surface area contributed by atoms with Crippen LogP contribution < -0.4 is 0 Å². The molecule has 18 heavy (non-hydrogen) atoms. The van der Waals surface area contributed by atoms with Crippen LogP contribution in [-0.2, 0) is 16.1 Å². The van der Waals surface area contributed by atoms with Crippen molar-refractivity contribution in [2.45, 2.75) is 39.2 Å². The molecule has 2 bridgehead atoms. The van der Waals surface area contributed by atoms with Crippen molar-refractivity contribution in [1.29, 1.82) is 0 Å². The molecule has 2 aliphatic rings. The van der Waals surface area contributed by atoms with Crippen LogP contribution in [0.1, 0.15) is 36.8 Å². The van der Waals surface area contributed by atoms with Crippen molar-refractivity contribution in [2.24, 2.45) is 17.8 Å². The summed E-state index contributed by atoms with van der Waals surface area (Å²) in [4.78, 5) is 12.1. The van der Waals surface area contributed by atoms with E-state index < -0.39 is 0 Å². The third kappa shape index (κ3) is 2.16. The van der Waals surface area contributed by atoms with Gasteiger partial charge in [-0.25, -0.2) is 0 Å². The summed E-state index contributed by atoms with van der Waals surface area (Å²) in [7, 11) is 0. The van der Waals surface area contributed by atoms with Gasteiger partial charge in [0.25, 0.3) is 0 Å². The SMILES string of the molecule is Cc1ccccc1COC(=O)C1CC2CCC1C2. The molecule has 1 aromatic carbocycles. The highest BCUT2D eigenvalue weighted by molar-refractivity contribution is 5.73. The maximum absolute atomic E-state index is 12.1. The topological polar surface area (TPSA) is 26.3 Å². The average molecular weight is 244 g/mol. The van der Waals surface area contributed by atoms with Gasteiger partial charge in [-0.2, -0.15) is 0 Å². The van der Waals surface area contributed by atoms with Crippen LogP contribution in [0.5, 0.6) is 0 Å². The van der Waals surface area contributed by atoms with Gasteiger partial charge in [0.05, 0.1) is 5.92 Å². The second-order valence-corrected chi connectivity index (χ2v) is 5.82. The molecule has 0 heterocycles. The van der Waals surface area contributed by atoms with Crippen LogP contribution in [0.4, 0.5) is 0 Å². The van der Waals surface area contributed by atoms with E-state index in [4.69, 9.17) is 4.74 Å². The van der Waals surface area contributed by atoms with Gasteiger partial charge in [-0.05, 0) is 49.1 Å². The van der Waals surface area contributed by atoms with Crippen molar-refractivity contribution < 1.29 is 9.53 Å². The molecule has 0 aromatic heterocycles. The van der Waals surface area contributed by atoms with Gasteiger partial charge < -0.3 is 4.74 Å². The molecule has 2 aliphatic carbocycles. The van der Waals surface area contributed by atoms with Crippen LogP contribution in [0.3, 0.4) is 0 Å². The van der Waals surface area contributed by atoms with Gasteiger partial charge in [-0.1, -0.05) is 30.7 Å². The lowest BCUT2D eigenvalue weighted by Crippen LogP contribution is -2.23. The minimum atomic E-state index is 0.0328. The first-order valence-corrected chi connectivity index (χ1v) is 6.95. The molecule has 0 spiro atoms. The fourth-order valence-electron chi connectivity index (χ4n) is 3.56. The van der Waals surface area contributed by atoms with Crippen LogP contribution in [0, 0.1) is 24.7 Å². The van der Waals surface area contributed by atoms with E-state index >= 15 is 0 Å². The standard InChI is InChI=1S/C16H20O2/c1-11-4-2-3-5-14(11)10-18-16(17)15-9-12-6-7-13(15)8-12/h2-5,12-13,15H,6-10H2,1H3. The van der Waals surface area contributed by atoms with Gasteiger partial charge in [0.1, 0.15) is 6.61 Å². The number of hydrogen-bond donors (Lipinski definition) is 0. The number of carbonyl (C=O) groups is 1. The normalized spacial score (nSPS) is 29.5. The van der Waals surface area contributed by atoms with Crippen LogP contribution in [-0.4, -0.2) is 5.97 Å². The maximum Gasteiger partial charge on any atom is 0.309 e. The van der Waals surface area contributed by atoms with Gasteiger partial charge in [0.15, 0.2) is 0 Å². The molecule has 2 nitrogen and oxygen atoms in total. The molecule has 0 N–H and O–H groups in total. The number of carbonyl (C=O) groups excluding carboxylic acids is 1. The summed E-state index contributed by atoms with van der Waals surface area (Å²) >= 11 is 0. The third-order valence-electron chi connectivity index (χ3n) is 4.67. The summed E-state index contributed by atoms with van der Waals surface area (Å²) in [5, 5.41) is 0. The Morgan fingerprint density at radius 2 is 2.11 bits per heavy atom. The Morgan fingerprint density at radius 3 is 2.78 bits per heavy atom. The molecule has 2 fully saturated rings. The first kappa shape index (κ1) is 11.8. The van der Waals surface area contributed by atoms with E-state index in [0.29, 0.717) is 12.5 Å². The van der Waals surface area contributed by atoms with Crippen molar-refractivity contribution in [1.82, 2.24) is 0 Å². The number of aryl methyl sites for hydroxylation is 1. The van der Waals surface area contributed by atoms with E-state index in [2.05, 4.69) is 13.0 Å². The quantitative estimate of drug-likeness (QED) is 0.761. The smallest absolute Gasteiger partial charge is 0.309 e. The van der Waals surface area contributed by atoms with Gasteiger partial charge in [-0.3, -0.25) is 4.79 Å². The minimum Gasteiger partial charge on any atom is -0.461 e. The first-order valence-electron chi connectivity index (χ1n) is 6.95. The Kier molecular flexibility index (Phi) is 3.11. The highest BCUT2D eigenvalue weighted by Gasteiger charge is 2.43. The Bertz CT molecular complexity index is 452. The number of esters is 1. The van der Waals surface area contributed by atoms with Crippen molar-refractivity contribution in [3.63, 3.8) is 0 Å². The molecule has 2 heteroatoms. The fraction of sp³-hybridized carbons (Fsp3) is 0.562. The Hall–Kier alpha value is -1.31. The zero-order valence-corrected chi connectivity index (χ0v) is 10.9. The van der Waals surface area contributed by atoms with E-state index in [1.807, 2.05) is 18.2 Å². The van der Waals surface area contributed by atoms with Gasteiger partial charge in [-0.15, -0.1) is 0 Å². The molecule has 0 amide bonds. The summed E-state index contributed by atoms with van der Waals surface area (Å²) < 4.78 is 5.51. The summed E-state index contributed by atoms with van der Waals surface area (Å²) in [5.74, 6) is 1.63. The maximum atomic E-state index is 12.1. The number of ether oxygens (including phenoxy) is 1. The zero-order valence-electron chi connectivity index (χ0n) is 10.9. The molecular weight excluding hydrogens is 224 g/mol. The number of hydrogen-bond acceptors (Lipinski definition) is 2. The number of fused-ring (bicyclic) bond motifs is 2. The molecule has 2 saturated carbocycles. The lowest BCUT2D eigenvalue weighted by Gasteiger charge is -2.20. The molecule has 96 valence electrons. The average Bonchev–Trinajstić information content (AvgIpc) is 2.99. The van der Waals surface area contributed by atoms with E-state index in [1.165, 1.54) is 24.8 Å². The lowest BCUT2D eigenvalue weighted by molar-refractivity contribution is -0.151. The van der Waals surface area contributed by atoms with Crippen molar-refractivity contribution in [3.05, 3.63) is 35.4 Å². The fourth-order valence-corrected chi connectivity index (χ4v) is 3.56. The Morgan fingerprint density at radius 1 is 1.28 bits per heavy atom. The summed E-state index contributed by atoms with van der Waals surface area (Å²) in [5.41, 5.74) is 2.31. The predicted octanol–water partition coefficient (Wildman–Crippen LogP) is 3.47. The molecule has 0 radical (unpaired) electrons. The molecular formula is C16H20O2. The van der Waals surface area contributed by atoms with Crippen LogP contribution in [0.2, 0.25) is 0 Å². The summed E-state index contributed by atoms with van der Waals surface area (Å²) in [6, 6.07) is 8.09. The first-order chi connectivity index (χ1) is 8.74. The second kappa shape index (κ2) is 4.75. The van der Waals surface area contributed by atoms with E-state index in [9.17, 15) is 4.79 Å². The highest BCUT2D eigenvalue weighted by atomic mass is 16.5. The van der Waals surface area contributed by atoms with E-state index in [0.717, 1.165) is 17.9 Å². The van der Waals surface area contributed by atoms with Crippen LogP contribution in [0.25, 0.3) is 0 Å². The second-order valence-electron chi connectivity index (χ2n) is 5.82. The highest BCUT2D eigenvalue weighted by Crippen LogP contribution is 2.48. The Labute approximate surface area is 108 Å². The Balaban J connectivity index is 1.58. The van der Waals surface area contributed by atoms with Crippen molar-refractivity contribution in [3.8, 4) is 0 Å². The molecule has 3 atom stereocenters. The minimum absolute atomic E-state index is 0.0328. The van der Waals surface area contributed by atoms with E-state index in [1.54, 1.807) is 0 Å². The summed E-state index contributed by atoms with van der Waals surface area (Å²) in [6.45, 7) is 2.49. The molecule has 3 rings (SSSR count). The third-order valence-corrected chi connectivity index (χ3v) is 4.67.